The lowest BCUT2D eigenvalue weighted by molar-refractivity contribution is 0.138. The van der Waals surface area contributed by atoms with E-state index in [1.54, 1.807) is 20.1 Å². The highest BCUT2D eigenvalue weighted by atomic mass is 16.5. The zero-order chi connectivity index (χ0) is 12.7. The molecule has 6 nitrogen and oxygen atoms in total. The Morgan fingerprint density at radius 2 is 2.35 bits per heavy atom. The van der Waals surface area contributed by atoms with Crippen LogP contribution < -0.4 is 10.9 Å². The number of nitrogens with zero attached hydrogens (tertiary/aromatic N) is 2. The Bertz CT molecular complexity index is 392. The summed E-state index contributed by atoms with van der Waals surface area (Å²) in [6.45, 7) is 3.67. The number of aliphatic hydroxyl groups is 1. The summed E-state index contributed by atoms with van der Waals surface area (Å²) in [4.78, 5) is 11.4. The number of hydrogen-bond donors (Lipinski definition) is 2. The third kappa shape index (κ3) is 5.08. The topological polar surface area (TPSA) is 76.4 Å². The molecule has 1 rings (SSSR count). The van der Waals surface area contributed by atoms with Crippen molar-refractivity contribution in [3.8, 4) is 0 Å². The lowest BCUT2D eigenvalue weighted by Crippen LogP contribution is -2.36. The normalized spacial score (nSPS) is 12.6. The molecule has 0 aliphatic heterocycles. The largest absolute Gasteiger partial charge is 0.390 e. The first-order valence-corrected chi connectivity index (χ1v) is 5.56. The molecule has 96 valence electrons. The molecule has 0 radical (unpaired) electrons. The van der Waals surface area contributed by atoms with Crippen LogP contribution in [0.15, 0.2) is 16.9 Å². The van der Waals surface area contributed by atoms with E-state index in [2.05, 4.69) is 10.4 Å². The molecule has 0 aliphatic carbocycles. The zero-order valence-electron chi connectivity index (χ0n) is 10.2. The molecule has 0 aliphatic rings. The lowest BCUT2D eigenvalue weighted by Gasteiger charge is -2.12. The van der Waals surface area contributed by atoms with Crippen LogP contribution in [0.3, 0.4) is 0 Å². The quantitative estimate of drug-likeness (QED) is 0.608. The van der Waals surface area contributed by atoms with Crippen LogP contribution in [-0.2, 0) is 11.3 Å². The smallest absolute Gasteiger partial charge is 0.266 e. The summed E-state index contributed by atoms with van der Waals surface area (Å²) in [5, 5.41) is 16.8. The van der Waals surface area contributed by atoms with E-state index >= 15 is 0 Å². The number of ether oxygens (including phenoxy) is 1. The van der Waals surface area contributed by atoms with E-state index in [1.807, 2.05) is 0 Å². The average Bonchev–Trinajstić information content (AvgIpc) is 2.29. The highest BCUT2D eigenvalue weighted by Gasteiger charge is 2.06. The van der Waals surface area contributed by atoms with Gasteiger partial charge >= 0.3 is 0 Å². The number of hydrogen-bond acceptors (Lipinski definition) is 5. The summed E-state index contributed by atoms with van der Waals surface area (Å²) in [5.74, 6) is 0. The van der Waals surface area contributed by atoms with Crippen molar-refractivity contribution in [1.29, 1.82) is 0 Å². The summed E-state index contributed by atoms with van der Waals surface area (Å²) < 4.78 is 6.14. The number of aromatic nitrogens is 2. The summed E-state index contributed by atoms with van der Waals surface area (Å²) in [6, 6.07) is 3.11. The van der Waals surface area contributed by atoms with E-state index in [-0.39, 0.29) is 12.1 Å². The van der Waals surface area contributed by atoms with Gasteiger partial charge < -0.3 is 15.2 Å². The van der Waals surface area contributed by atoms with Gasteiger partial charge in [0, 0.05) is 26.3 Å². The van der Waals surface area contributed by atoms with E-state index in [4.69, 9.17) is 4.74 Å². The first-order valence-electron chi connectivity index (χ1n) is 5.56. The third-order valence-electron chi connectivity index (χ3n) is 2.25. The van der Waals surface area contributed by atoms with Crippen LogP contribution >= 0.6 is 0 Å². The van der Waals surface area contributed by atoms with E-state index in [0.717, 1.165) is 5.69 Å². The van der Waals surface area contributed by atoms with E-state index in [0.29, 0.717) is 19.7 Å². The van der Waals surface area contributed by atoms with Crippen LogP contribution in [0.2, 0.25) is 0 Å². The minimum absolute atomic E-state index is 0.195. The van der Waals surface area contributed by atoms with Crippen molar-refractivity contribution in [2.45, 2.75) is 19.6 Å². The van der Waals surface area contributed by atoms with Crippen molar-refractivity contribution in [1.82, 2.24) is 15.1 Å². The van der Waals surface area contributed by atoms with Crippen molar-refractivity contribution in [2.24, 2.45) is 0 Å². The Labute approximate surface area is 100 Å². The minimum Gasteiger partial charge on any atom is -0.390 e. The molecule has 0 aromatic carbocycles. The predicted octanol–water partition coefficient (Wildman–Crippen LogP) is -0.851. The lowest BCUT2D eigenvalue weighted by atomic mass is 10.3. The van der Waals surface area contributed by atoms with Gasteiger partial charge in [0.1, 0.15) is 0 Å². The Kier molecular flexibility index (Phi) is 5.82. The van der Waals surface area contributed by atoms with Crippen LogP contribution in [-0.4, -0.2) is 47.8 Å². The summed E-state index contributed by atoms with van der Waals surface area (Å²) >= 11 is 0. The first kappa shape index (κ1) is 13.8. The molecule has 2 N–H and O–H groups in total. The standard InChI is InChI=1S/C11H19N3O3/c1-9-3-4-11(16)14(13-9)8-10(15)7-12-5-6-17-2/h3-4,10,12,15H,5-8H2,1-2H3. The van der Waals surface area contributed by atoms with Crippen LogP contribution in [0.25, 0.3) is 0 Å². The van der Waals surface area contributed by atoms with Crippen molar-refractivity contribution in [3.63, 3.8) is 0 Å². The average molecular weight is 241 g/mol. The van der Waals surface area contributed by atoms with Gasteiger partial charge in [0.05, 0.1) is 24.9 Å². The Hall–Kier alpha value is -1.24. The molecule has 1 aromatic rings. The number of aryl methyl sites for hydroxylation is 1. The molecule has 0 saturated heterocycles. The SMILES string of the molecule is COCCNCC(O)Cn1nc(C)ccc1=O. The van der Waals surface area contributed by atoms with Gasteiger partial charge in [-0.15, -0.1) is 0 Å². The van der Waals surface area contributed by atoms with Crippen LogP contribution in [0.4, 0.5) is 0 Å². The van der Waals surface area contributed by atoms with Gasteiger partial charge in [-0.25, -0.2) is 4.68 Å². The fourth-order valence-corrected chi connectivity index (χ4v) is 1.39. The number of aliphatic hydroxyl groups excluding tert-OH is 1. The number of methoxy groups -OCH3 is 1. The fourth-order valence-electron chi connectivity index (χ4n) is 1.39. The Morgan fingerprint density at radius 1 is 1.59 bits per heavy atom. The Morgan fingerprint density at radius 3 is 3.06 bits per heavy atom. The minimum atomic E-state index is -0.640. The number of nitrogens with one attached hydrogen (secondary N) is 1. The van der Waals surface area contributed by atoms with Crippen molar-refractivity contribution >= 4 is 0 Å². The van der Waals surface area contributed by atoms with Gasteiger partial charge in [0.15, 0.2) is 0 Å². The molecule has 1 aromatic heterocycles. The fraction of sp³-hybridized carbons (Fsp3) is 0.636. The van der Waals surface area contributed by atoms with Crippen molar-refractivity contribution < 1.29 is 9.84 Å². The summed E-state index contributed by atoms with van der Waals surface area (Å²) in [7, 11) is 1.62. The molecular weight excluding hydrogens is 222 g/mol. The molecule has 0 amide bonds. The van der Waals surface area contributed by atoms with E-state index < -0.39 is 6.10 Å². The molecule has 1 unspecified atom stereocenters. The molecule has 0 bridgehead atoms. The molecule has 0 spiro atoms. The number of rotatable bonds is 7. The maximum absolute atomic E-state index is 11.4. The zero-order valence-corrected chi connectivity index (χ0v) is 10.2. The molecule has 1 atom stereocenters. The van der Waals surface area contributed by atoms with Crippen LogP contribution in [0.5, 0.6) is 0 Å². The molecule has 17 heavy (non-hydrogen) atoms. The Balaban J connectivity index is 2.42. The van der Waals surface area contributed by atoms with E-state index in [9.17, 15) is 9.90 Å². The maximum atomic E-state index is 11.4. The van der Waals surface area contributed by atoms with Gasteiger partial charge in [-0.2, -0.15) is 5.10 Å². The molecule has 1 heterocycles. The second-order valence-corrected chi connectivity index (χ2v) is 3.85. The molecule has 0 fully saturated rings. The van der Waals surface area contributed by atoms with Crippen LogP contribution in [0, 0.1) is 6.92 Å². The second kappa shape index (κ2) is 7.16. The highest BCUT2D eigenvalue weighted by molar-refractivity contribution is 4.97. The van der Waals surface area contributed by atoms with Gasteiger partial charge in [0.25, 0.3) is 5.56 Å². The van der Waals surface area contributed by atoms with E-state index in [1.165, 1.54) is 10.7 Å². The highest BCUT2D eigenvalue weighted by Crippen LogP contribution is 1.89. The summed E-state index contributed by atoms with van der Waals surface area (Å²) in [5.41, 5.74) is 0.552. The maximum Gasteiger partial charge on any atom is 0.266 e. The van der Waals surface area contributed by atoms with Gasteiger partial charge in [-0.1, -0.05) is 0 Å². The van der Waals surface area contributed by atoms with Crippen LogP contribution in [0.1, 0.15) is 5.69 Å². The van der Waals surface area contributed by atoms with Crippen molar-refractivity contribution in [2.75, 3.05) is 26.8 Å². The van der Waals surface area contributed by atoms with Crippen molar-refractivity contribution in [3.05, 3.63) is 28.2 Å². The monoisotopic (exact) mass is 241 g/mol. The third-order valence-corrected chi connectivity index (χ3v) is 2.25. The predicted molar refractivity (Wildman–Crippen MR) is 64.0 cm³/mol. The summed E-state index contributed by atoms with van der Waals surface area (Å²) in [6.07, 6.45) is -0.640. The van der Waals surface area contributed by atoms with Gasteiger partial charge in [-0.3, -0.25) is 4.79 Å². The second-order valence-electron chi connectivity index (χ2n) is 3.85. The van der Waals surface area contributed by atoms with Gasteiger partial charge in [0.2, 0.25) is 0 Å². The van der Waals surface area contributed by atoms with Gasteiger partial charge in [-0.05, 0) is 13.0 Å². The molecular formula is C11H19N3O3. The first-order chi connectivity index (χ1) is 8.13. The molecule has 6 heteroatoms. The molecule has 0 saturated carbocycles.